The molecule has 0 aliphatic heterocycles. The number of rotatable bonds is 10. The fourth-order valence-electron chi connectivity index (χ4n) is 4.03. The van der Waals surface area contributed by atoms with Crippen LogP contribution in [0.3, 0.4) is 0 Å². The monoisotopic (exact) mass is 643 g/mol. The number of aryl methyl sites for hydroxylation is 1. The van der Waals surface area contributed by atoms with Crippen LogP contribution in [0.4, 0.5) is 18.9 Å². The zero-order valence-corrected chi connectivity index (χ0v) is 25.6. The van der Waals surface area contributed by atoms with Crippen LogP contribution in [0.15, 0.2) is 71.6 Å². The van der Waals surface area contributed by atoms with Gasteiger partial charge < -0.3 is 10.2 Å². The van der Waals surface area contributed by atoms with Crippen molar-refractivity contribution in [3.05, 3.63) is 93.5 Å². The zero-order chi connectivity index (χ0) is 31.4. The molecule has 0 aliphatic carbocycles. The molecule has 1 atom stereocenters. The highest BCUT2D eigenvalue weighted by molar-refractivity contribution is 7.92. The summed E-state index contributed by atoms with van der Waals surface area (Å²) in [5.41, 5.74) is -0.205. The molecule has 1 N–H and O–H groups in total. The van der Waals surface area contributed by atoms with Crippen LogP contribution < -0.4 is 9.62 Å². The lowest BCUT2D eigenvalue weighted by Gasteiger charge is -2.32. The number of carbonyl (C=O) groups excluding carboxylic acids is 2. The lowest BCUT2D eigenvalue weighted by molar-refractivity contribution is -0.139. The number of benzene rings is 3. The highest BCUT2D eigenvalue weighted by atomic mass is 35.5. The molecule has 42 heavy (non-hydrogen) atoms. The number of hydrogen-bond acceptors (Lipinski definition) is 4. The van der Waals surface area contributed by atoms with E-state index in [0.29, 0.717) is 15.9 Å². The van der Waals surface area contributed by atoms with Crippen molar-refractivity contribution in [2.45, 2.75) is 57.4 Å². The maximum atomic E-state index is 13.9. The van der Waals surface area contributed by atoms with Crippen LogP contribution >= 0.6 is 23.2 Å². The third-order valence-electron chi connectivity index (χ3n) is 6.28. The average molecular weight is 645 g/mol. The molecule has 3 aromatic rings. The molecule has 0 spiro atoms. The van der Waals surface area contributed by atoms with E-state index in [-0.39, 0.29) is 33.2 Å². The molecule has 7 nitrogen and oxygen atoms in total. The highest BCUT2D eigenvalue weighted by Gasteiger charge is 2.35. The van der Waals surface area contributed by atoms with E-state index >= 15 is 0 Å². The molecular formula is C29H30Cl2F3N3O4S. The Morgan fingerprint density at radius 1 is 0.929 bits per heavy atom. The Labute approximate surface area is 253 Å². The molecule has 0 unspecified atom stereocenters. The average Bonchev–Trinajstić information content (AvgIpc) is 2.91. The first-order chi connectivity index (χ1) is 19.5. The largest absolute Gasteiger partial charge is 0.416 e. The van der Waals surface area contributed by atoms with Gasteiger partial charge in [-0.25, -0.2) is 8.42 Å². The lowest BCUT2D eigenvalue weighted by atomic mass is 10.1. The number of hydrogen-bond donors (Lipinski definition) is 1. The van der Waals surface area contributed by atoms with Gasteiger partial charge in [0, 0.05) is 12.6 Å². The van der Waals surface area contributed by atoms with E-state index in [4.69, 9.17) is 23.2 Å². The first-order valence-electron chi connectivity index (χ1n) is 12.8. The number of sulfonamides is 1. The molecule has 3 aromatic carbocycles. The SMILES string of the molecule is Cc1ccc(S(=O)(=O)N(CC(=O)N(Cc2ccc(Cl)c(Cl)c2)[C@H](C)C(=O)NC(C)C)c2cccc(C(F)(F)F)c2)cc1. The van der Waals surface area contributed by atoms with Crippen LogP contribution in [0.5, 0.6) is 0 Å². The van der Waals surface area contributed by atoms with E-state index in [0.717, 1.165) is 22.6 Å². The number of nitrogens with one attached hydrogen (secondary N) is 1. The third-order valence-corrected chi connectivity index (χ3v) is 8.81. The van der Waals surface area contributed by atoms with E-state index in [1.165, 1.54) is 49.4 Å². The van der Waals surface area contributed by atoms with Gasteiger partial charge in [-0.1, -0.05) is 53.0 Å². The van der Waals surface area contributed by atoms with Crippen LogP contribution in [0.25, 0.3) is 0 Å². The van der Waals surface area contributed by atoms with Gasteiger partial charge in [0.2, 0.25) is 11.8 Å². The summed E-state index contributed by atoms with van der Waals surface area (Å²) in [6, 6.07) is 12.7. The Balaban J connectivity index is 2.11. The van der Waals surface area contributed by atoms with E-state index in [9.17, 15) is 31.2 Å². The predicted octanol–water partition coefficient (Wildman–Crippen LogP) is 6.46. The van der Waals surface area contributed by atoms with Crippen molar-refractivity contribution >= 4 is 50.7 Å². The lowest BCUT2D eigenvalue weighted by Crippen LogP contribution is -2.52. The minimum atomic E-state index is -4.76. The van der Waals surface area contributed by atoms with Crippen LogP contribution in [-0.2, 0) is 32.3 Å². The molecule has 0 aromatic heterocycles. The summed E-state index contributed by atoms with van der Waals surface area (Å²) in [7, 11) is -4.53. The molecule has 13 heteroatoms. The molecule has 226 valence electrons. The summed E-state index contributed by atoms with van der Waals surface area (Å²) in [4.78, 5) is 27.8. The van der Waals surface area contributed by atoms with Gasteiger partial charge >= 0.3 is 6.18 Å². The van der Waals surface area contributed by atoms with Gasteiger partial charge in [-0.2, -0.15) is 13.2 Å². The first-order valence-corrected chi connectivity index (χ1v) is 15.0. The zero-order valence-electron chi connectivity index (χ0n) is 23.2. The number of halogens is 5. The minimum Gasteiger partial charge on any atom is -0.352 e. The summed E-state index contributed by atoms with van der Waals surface area (Å²) < 4.78 is 69.0. The van der Waals surface area contributed by atoms with Gasteiger partial charge in [-0.3, -0.25) is 13.9 Å². The highest BCUT2D eigenvalue weighted by Crippen LogP contribution is 2.33. The molecule has 3 rings (SSSR count). The molecule has 0 saturated carbocycles. The van der Waals surface area contributed by atoms with Crippen LogP contribution in [-0.4, -0.2) is 43.8 Å². The Morgan fingerprint density at radius 3 is 2.14 bits per heavy atom. The Bertz CT molecular complexity index is 1550. The summed E-state index contributed by atoms with van der Waals surface area (Å²) in [6.07, 6.45) is -4.76. The fourth-order valence-corrected chi connectivity index (χ4v) is 5.75. The van der Waals surface area contributed by atoms with E-state index in [1.807, 2.05) is 0 Å². The second-order valence-corrected chi connectivity index (χ2v) is 12.7. The van der Waals surface area contributed by atoms with Gasteiger partial charge in [0.05, 0.1) is 26.2 Å². The van der Waals surface area contributed by atoms with Crippen molar-refractivity contribution in [3.63, 3.8) is 0 Å². The second kappa shape index (κ2) is 13.4. The van der Waals surface area contributed by atoms with Crippen molar-refractivity contribution in [3.8, 4) is 0 Å². The molecule has 0 aliphatic rings. The standard InChI is InChI=1S/C29H30Cl2F3N3O4S/c1-18(2)35-28(39)20(4)36(16-21-10-13-25(30)26(31)14-21)27(38)17-37(23-7-5-6-22(15-23)29(32,33)34)42(40,41)24-11-8-19(3)9-12-24/h5-15,18,20H,16-17H2,1-4H3,(H,35,39)/t20-/m1/s1. The van der Waals surface area contributed by atoms with Crippen LogP contribution in [0, 0.1) is 6.92 Å². The maximum absolute atomic E-state index is 13.9. The third kappa shape index (κ3) is 8.17. The molecule has 0 saturated heterocycles. The van der Waals surface area contributed by atoms with E-state index in [1.54, 1.807) is 26.8 Å². The number of nitrogens with zero attached hydrogens (tertiary/aromatic N) is 2. The molecule has 0 bridgehead atoms. The summed E-state index contributed by atoms with van der Waals surface area (Å²) in [6.45, 7) is 5.63. The van der Waals surface area contributed by atoms with Gasteiger partial charge in [0.25, 0.3) is 10.0 Å². The van der Waals surface area contributed by atoms with Crippen LogP contribution in [0.1, 0.15) is 37.5 Å². The van der Waals surface area contributed by atoms with Crippen molar-refractivity contribution in [2.24, 2.45) is 0 Å². The smallest absolute Gasteiger partial charge is 0.352 e. The molecular weight excluding hydrogens is 614 g/mol. The summed E-state index contributed by atoms with van der Waals surface area (Å²) >= 11 is 12.2. The summed E-state index contributed by atoms with van der Waals surface area (Å²) in [5, 5.41) is 3.19. The van der Waals surface area contributed by atoms with Gasteiger partial charge in [0.15, 0.2) is 0 Å². The van der Waals surface area contributed by atoms with E-state index < -0.39 is 46.2 Å². The number of amides is 2. The molecule has 0 heterocycles. The molecule has 2 amide bonds. The van der Waals surface area contributed by atoms with Crippen molar-refractivity contribution in [2.75, 3.05) is 10.8 Å². The maximum Gasteiger partial charge on any atom is 0.416 e. The van der Waals surface area contributed by atoms with Crippen LogP contribution in [0.2, 0.25) is 10.0 Å². The van der Waals surface area contributed by atoms with Crippen molar-refractivity contribution in [1.29, 1.82) is 0 Å². The van der Waals surface area contributed by atoms with Gasteiger partial charge in [0.1, 0.15) is 12.6 Å². The predicted molar refractivity (Wildman–Crippen MR) is 157 cm³/mol. The fraction of sp³-hybridized carbons (Fsp3) is 0.310. The molecule has 0 fully saturated rings. The number of alkyl halides is 3. The normalized spacial score (nSPS) is 12.6. The van der Waals surface area contributed by atoms with Crippen molar-refractivity contribution < 1.29 is 31.2 Å². The Kier molecular flexibility index (Phi) is 10.6. The first kappa shape index (κ1) is 33.2. The second-order valence-electron chi connectivity index (χ2n) is 9.98. The number of anilines is 1. The molecule has 0 radical (unpaired) electrons. The summed E-state index contributed by atoms with van der Waals surface area (Å²) in [5.74, 6) is -1.34. The Morgan fingerprint density at radius 2 is 1.57 bits per heavy atom. The van der Waals surface area contributed by atoms with Crippen molar-refractivity contribution in [1.82, 2.24) is 10.2 Å². The topological polar surface area (TPSA) is 86.8 Å². The number of carbonyl (C=O) groups is 2. The quantitative estimate of drug-likeness (QED) is 0.275. The van der Waals surface area contributed by atoms with Gasteiger partial charge in [-0.15, -0.1) is 0 Å². The van der Waals surface area contributed by atoms with E-state index in [2.05, 4.69) is 5.32 Å². The van der Waals surface area contributed by atoms with Gasteiger partial charge in [-0.05, 0) is 75.7 Å². The minimum absolute atomic E-state index is 0.163. The Hall–Kier alpha value is -3.28.